The fourth-order valence-electron chi connectivity index (χ4n) is 1.87. The summed E-state index contributed by atoms with van der Waals surface area (Å²) in [6.45, 7) is 7.39. The molecule has 6 heteroatoms. The molecule has 5 nitrogen and oxygen atoms in total. The van der Waals surface area contributed by atoms with Crippen LogP contribution in [-0.4, -0.2) is 39.3 Å². The first-order valence-electron chi connectivity index (χ1n) is 5.92. The van der Waals surface area contributed by atoms with E-state index in [0.717, 1.165) is 30.5 Å². The molecule has 1 fully saturated rings. The number of carbonyl (C=O) groups excluding carboxylic acids is 1. The van der Waals surface area contributed by atoms with Crippen LogP contribution in [0.3, 0.4) is 0 Å². The molecule has 0 radical (unpaired) electrons. The summed E-state index contributed by atoms with van der Waals surface area (Å²) in [5, 5.41) is 4.22. The van der Waals surface area contributed by atoms with Gasteiger partial charge in [0.15, 0.2) is 0 Å². The van der Waals surface area contributed by atoms with Gasteiger partial charge in [-0.3, -0.25) is 4.79 Å². The van der Waals surface area contributed by atoms with Crippen molar-refractivity contribution in [1.29, 1.82) is 0 Å². The first-order chi connectivity index (χ1) is 8.06. The summed E-state index contributed by atoms with van der Waals surface area (Å²) in [7, 11) is 0. The standard InChI is InChI=1S/C11H18N4OS/c1-7(2)10-13-11(17-14-10)12-9-4-5-15(6-9)8(3)16/h7,9H,4-6H2,1-3H3,(H,12,13,14)/t9-/m0/s1. The van der Waals surface area contributed by atoms with Crippen LogP contribution >= 0.6 is 11.5 Å². The average molecular weight is 254 g/mol. The number of nitrogens with zero attached hydrogens (tertiary/aromatic N) is 3. The molecule has 1 aliphatic heterocycles. The third-order valence-electron chi connectivity index (χ3n) is 2.92. The Labute approximate surface area is 105 Å². The summed E-state index contributed by atoms with van der Waals surface area (Å²) in [4.78, 5) is 17.5. The monoisotopic (exact) mass is 254 g/mol. The second-order valence-electron chi connectivity index (χ2n) is 4.71. The van der Waals surface area contributed by atoms with Gasteiger partial charge in [0, 0.05) is 43.5 Å². The number of nitrogens with one attached hydrogen (secondary N) is 1. The summed E-state index contributed by atoms with van der Waals surface area (Å²) in [5.41, 5.74) is 0. The molecular weight excluding hydrogens is 236 g/mol. The van der Waals surface area contributed by atoms with E-state index in [1.54, 1.807) is 6.92 Å². The molecule has 2 rings (SSSR count). The van der Waals surface area contributed by atoms with E-state index in [0.29, 0.717) is 12.0 Å². The Bertz CT molecular complexity index is 404. The van der Waals surface area contributed by atoms with Gasteiger partial charge in [-0.05, 0) is 6.42 Å². The molecule has 1 aromatic rings. The second kappa shape index (κ2) is 5.00. The summed E-state index contributed by atoms with van der Waals surface area (Å²) in [6.07, 6.45) is 0.982. The second-order valence-corrected chi connectivity index (χ2v) is 5.46. The molecule has 1 N–H and O–H groups in total. The predicted molar refractivity (Wildman–Crippen MR) is 68.3 cm³/mol. The third-order valence-corrected chi connectivity index (χ3v) is 3.58. The van der Waals surface area contributed by atoms with Crippen molar-refractivity contribution in [3.8, 4) is 0 Å². The molecule has 2 heterocycles. The Balaban J connectivity index is 1.91. The number of carbonyl (C=O) groups is 1. The third kappa shape index (κ3) is 2.94. The highest BCUT2D eigenvalue weighted by Crippen LogP contribution is 2.20. The van der Waals surface area contributed by atoms with Crippen LogP contribution in [0, 0.1) is 0 Å². The lowest BCUT2D eigenvalue weighted by atomic mass is 10.2. The quantitative estimate of drug-likeness (QED) is 0.892. The van der Waals surface area contributed by atoms with Crippen LogP contribution in [0.2, 0.25) is 0 Å². The van der Waals surface area contributed by atoms with Crippen molar-refractivity contribution in [3.63, 3.8) is 0 Å². The van der Waals surface area contributed by atoms with E-state index in [1.807, 2.05) is 4.90 Å². The van der Waals surface area contributed by atoms with Crippen LogP contribution in [0.5, 0.6) is 0 Å². The Morgan fingerprint density at radius 1 is 1.59 bits per heavy atom. The number of amides is 1. The highest BCUT2D eigenvalue weighted by molar-refractivity contribution is 7.09. The Morgan fingerprint density at radius 2 is 2.35 bits per heavy atom. The van der Waals surface area contributed by atoms with Crippen molar-refractivity contribution in [3.05, 3.63) is 5.82 Å². The van der Waals surface area contributed by atoms with E-state index >= 15 is 0 Å². The highest BCUT2D eigenvalue weighted by atomic mass is 32.1. The van der Waals surface area contributed by atoms with Gasteiger partial charge in [0.1, 0.15) is 5.82 Å². The van der Waals surface area contributed by atoms with Crippen LogP contribution in [0.25, 0.3) is 0 Å². The van der Waals surface area contributed by atoms with E-state index in [4.69, 9.17) is 0 Å². The van der Waals surface area contributed by atoms with Gasteiger partial charge in [0.2, 0.25) is 11.0 Å². The molecule has 0 aromatic carbocycles. The van der Waals surface area contributed by atoms with Gasteiger partial charge in [-0.2, -0.15) is 4.37 Å². The maximum atomic E-state index is 11.2. The zero-order valence-corrected chi connectivity index (χ0v) is 11.3. The molecule has 1 saturated heterocycles. The van der Waals surface area contributed by atoms with Crippen molar-refractivity contribution in [2.24, 2.45) is 0 Å². The van der Waals surface area contributed by atoms with Gasteiger partial charge in [-0.1, -0.05) is 13.8 Å². The first kappa shape index (κ1) is 12.3. The fraction of sp³-hybridized carbons (Fsp3) is 0.727. The number of anilines is 1. The van der Waals surface area contributed by atoms with Gasteiger partial charge in [-0.25, -0.2) is 4.98 Å². The van der Waals surface area contributed by atoms with Crippen molar-refractivity contribution in [2.45, 2.75) is 39.2 Å². The summed E-state index contributed by atoms with van der Waals surface area (Å²) in [6, 6.07) is 0.312. The molecule has 0 bridgehead atoms. The molecule has 1 aromatic heterocycles. The maximum absolute atomic E-state index is 11.2. The average Bonchev–Trinajstić information content (AvgIpc) is 2.87. The molecule has 1 amide bonds. The van der Waals surface area contributed by atoms with Crippen molar-refractivity contribution < 1.29 is 4.79 Å². The normalized spacial score (nSPS) is 20.0. The van der Waals surface area contributed by atoms with E-state index in [-0.39, 0.29) is 5.91 Å². The van der Waals surface area contributed by atoms with Crippen LogP contribution in [0.15, 0.2) is 0 Å². The summed E-state index contributed by atoms with van der Waals surface area (Å²) >= 11 is 1.40. The maximum Gasteiger partial charge on any atom is 0.219 e. The fourth-order valence-corrected chi connectivity index (χ4v) is 2.65. The van der Waals surface area contributed by atoms with Gasteiger partial charge in [0.25, 0.3) is 0 Å². The number of hydrogen-bond acceptors (Lipinski definition) is 5. The molecule has 0 unspecified atom stereocenters. The van der Waals surface area contributed by atoms with Gasteiger partial charge in [0.05, 0.1) is 0 Å². The molecule has 17 heavy (non-hydrogen) atoms. The van der Waals surface area contributed by atoms with Gasteiger partial charge < -0.3 is 10.2 Å². The number of aromatic nitrogens is 2. The number of rotatable bonds is 3. The largest absolute Gasteiger partial charge is 0.356 e. The van der Waals surface area contributed by atoms with Gasteiger partial charge in [-0.15, -0.1) is 0 Å². The van der Waals surface area contributed by atoms with Gasteiger partial charge >= 0.3 is 0 Å². The van der Waals surface area contributed by atoms with E-state index in [1.165, 1.54) is 11.5 Å². The zero-order chi connectivity index (χ0) is 12.4. The minimum absolute atomic E-state index is 0.148. The SMILES string of the molecule is CC(=O)N1CC[C@H](Nc2nc(C(C)C)ns2)C1. The van der Waals surface area contributed by atoms with E-state index in [2.05, 4.69) is 28.5 Å². The lowest BCUT2D eigenvalue weighted by Gasteiger charge is -2.14. The molecule has 1 aliphatic rings. The Kier molecular flexibility index (Phi) is 3.61. The van der Waals surface area contributed by atoms with Crippen LogP contribution in [0.4, 0.5) is 5.13 Å². The summed E-state index contributed by atoms with van der Waals surface area (Å²) in [5.74, 6) is 1.40. The van der Waals surface area contributed by atoms with E-state index in [9.17, 15) is 4.79 Å². The molecular formula is C11H18N4OS. The predicted octanol–water partition coefficient (Wildman–Crippen LogP) is 1.69. The molecule has 94 valence electrons. The Morgan fingerprint density at radius 3 is 2.88 bits per heavy atom. The van der Waals surface area contributed by atoms with Crippen LogP contribution in [0.1, 0.15) is 38.9 Å². The van der Waals surface area contributed by atoms with Crippen molar-refractivity contribution in [2.75, 3.05) is 18.4 Å². The lowest BCUT2D eigenvalue weighted by molar-refractivity contribution is -0.127. The first-order valence-corrected chi connectivity index (χ1v) is 6.69. The molecule has 1 atom stereocenters. The minimum atomic E-state index is 0.148. The molecule has 0 spiro atoms. The molecule has 0 aliphatic carbocycles. The van der Waals surface area contributed by atoms with Crippen molar-refractivity contribution >= 4 is 22.6 Å². The Hall–Kier alpha value is -1.17. The van der Waals surface area contributed by atoms with E-state index < -0.39 is 0 Å². The smallest absolute Gasteiger partial charge is 0.219 e. The zero-order valence-electron chi connectivity index (χ0n) is 10.4. The number of likely N-dealkylation sites (tertiary alicyclic amines) is 1. The highest BCUT2D eigenvalue weighted by Gasteiger charge is 2.24. The molecule has 0 saturated carbocycles. The number of hydrogen-bond donors (Lipinski definition) is 1. The minimum Gasteiger partial charge on any atom is -0.356 e. The summed E-state index contributed by atoms with van der Waals surface area (Å²) < 4.78 is 4.30. The van der Waals surface area contributed by atoms with Crippen LogP contribution < -0.4 is 5.32 Å². The van der Waals surface area contributed by atoms with Crippen molar-refractivity contribution in [1.82, 2.24) is 14.3 Å². The lowest BCUT2D eigenvalue weighted by Crippen LogP contribution is -2.29. The van der Waals surface area contributed by atoms with Crippen LogP contribution in [-0.2, 0) is 4.79 Å². The topological polar surface area (TPSA) is 58.1 Å².